The summed E-state index contributed by atoms with van der Waals surface area (Å²) < 4.78 is 108. The molecule has 0 saturated carbocycles. The lowest BCUT2D eigenvalue weighted by molar-refractivity contribution is -0.274. The van der Waals surface area contributed by atoms with Crippen LogP contribution in [0.2, 0.25) is 0 Å². The molecule has 2 heterocycles. The van der Waals surface area contributed by atoms with E-state index in [1.165, 1.54) is 36.4 Å². The topological polar surface area (TPSA) is 108 Å². The van der Waals surface area contributed by atoms with Crippen molar-refractivity contribution in [3.05, 3.63) is 64.6 Å². The average molecular weight is 633 g/mol. The summed E-state index contributed by atoms with van der Waals surface area (Å²) in [5.41, 5.74) is -0.256. The van der Waals surface area contributed by atoms with Gasteiger partial charge in [0.05, 0.1) is 0 Å². The highest BCUT2D eigenvalue weighted by Gasteiger charge is 2.47. The Labute approximate surface area is 242 Å². The number of aliphatic imine (C=N–C) groups is 1. The van der Waals surface area contributed by atoms with E-state index in [2.05, 4.69) is 15.0 Å². The molecule has 232 valence electrons. The Morgan fingerprint density at radius 2 is 1.79 bits per heavy atom. The minimum absolute atomic E-state index is 0.0121. The first-order valence-electron chi connectivity index (χ1n) is 12.8. The minimum Gasteiger partial charge on any atom is -0.406 e. The third-order valence-electron chi connectivity index (χ3n) is 6.93. The average Bonchev–Trinajstić information content (AvgIpc) is 3.20. The number of halogens is 6. The summed E-state index contributed by atoms with van der Waals surface area (Å²) in [4.78, 5) is 29.6. The Kier molecular flexibility index (Phi) is 8.66. The van der Waals surface area contributed by atoms with Crippen molar-refractivity contribution in [3.63, 3.8) is 0 Å². The van der Waals surface area contributed by atoms with Crippen molar-refractivity contribution in [2.75, 3.05) is 24.5 Å². The highest BCUT2D eigenvalue weighted by atomic mass is 32.2. The van der Waals surface area contributed by atoms with Crippen LogP contribution in [0, 0.1) is 6.92 Å². The smallest absolute Gasteiger partial charge is 0.406 e. The number of hydrogen-bond acceptors (Lipinski definition) is 6. The van der Waals surface area contributed by atoms with Gasteiger partial charge < -0.3 is 15.0 Å². The molecule has 2 aromatic carbocycles. The fourth-order valence-electron chi connectivity index (χ4n) is 4.77. The first-order valence-corrected chi connectivity index (χ1v) is 14.3. The Bertz CT molecular complexity index is 1580. The van der Waals surface area contributed by atoms with Gasteiger partial charge in [-0.25, -0.2) is 8.42 Å². The molecule has 0 unspecified atom stereocenters. The maximum atomic E-state index is 13.0. The number of carbonyl (C=O) groups is 2. The monoisotopic (exact) mass is 632 g/mol. The first kappa shape index (κ1) is 32.0. The lowest BCUT2D eigenvalue weighted by Gasteiger charge is -2.34. The van der Waals surface area contributed by atoms with Crippen molar-refractivity contribution in [3.8, 4) is 5.75 Å². The van der Waals surface area contributed by atoms with E-state index in [-0.39, 0.29) is 43.0 Å². The van der Waals surface area contributed by atoms with Gasteiger partial charge in [0.15, 0.2) is 0 Å². The van der Waals surface area contributed by atoms with E-state index in [0.29, 0.717) is 16.0 Å². The highest BCUT2D eigenvalue weighted by Crippen LogP contribution is 2.33. The van der Waals surface area contributed by atoms with E-state index in [1.807, 2.05) is 0 Å². The van der Waals surface area contributed by atoms with Gasteiger partial charge in [-0.15, -0.1) is 13.2 Å². The van der Waals surface area contributed by atoms with Gasteiger partial charge in [0.25, 0.3) is 5.91 Å². The molecule has 2 aliphatic rings. The maximum absolute atomic E-state index is 13.0. The van der Waals surface area contributed by atoms with Gasteiger partial charge in [-0.05, 0) is 61.2 Å². The van der Waals surface area contributed by atoms with Crippen molar-refractivity contribution in [1.29, 1.82) is 0 Å². The van der Waals surface area contributed by atoms with Gasteiger partial charge in [0.2, 0.25) is 15.9 Å². The largest absolute Gasteiger partial charge is 0.573 e. The van der Waals surface area contributed by atoms with Gasteiger partial charge in [-0.1, -0.05) is 18.2 Å². The molecule has 1 saturated heterocycles. The standard InChI is InChI=1S/C27H26F6N4O5S/c1-17-14-21(37(18(2)38)16-26(28,29)30)7-6-19(17)8-13-43(40,41)36-11-9-25(10-12-36)24(39)34-23(35-25)20-4-3-5-22(15-20)42-27(31,32)33/h3-8,13-15H,9-12,16H2,1-2H3,(H,34,35,39)/b13-8+. The molecule has 2 aromatic rings. The number of benzene rings is 2. The molecule has 0 radical (unpaired) electrons. The number of ether oxygens (including phenoxy) is 1. The molecule has 0 atom stereocenters. The zero-order chi connectivity index (χ0) is 31.8. The van der Waals surface area contributed by atoms with Crippen LogP contribution >= 0.6 is 0 Å². The molecule has 0 bridgehead atoms. The van der Waals surface area contributed by atoms with Crippen LogP contribution in [0.5, 0.6) is 5.75 Å². The third kappa shape index (κ3) is 7.73. The molecule has 4 rings (SSSR count). The van der Waals surface area contributed by atoms with Crippen LogP contribution in [-0.4, -0.2) is 68.1 Å². The van der Waals surface area contributed by atoms with Gasteiger partial charge >= 0.3 is 12.5 Å². The van der Waals surface area contributed by atoms with Crippen LogP contribution < -0.4 is 15.0 Å². The summed E-state index contributed by atoms with van der Waals surface area (Å²) in [5.74, 6) is -1.75. The summed E-state index contributed by atoms with van der Waals surface area (Å²) >= 11 is 0. The molecule has 0 aliphatic carbocycles. The summed E-state index contributed by atoms with van der Waals surface area (Å²) in [5, 5.41) is 3.51. The number of rotatable bonds is 7. The van der Waals surface area contributed by atoms with Gasteiger partial charge in [0, 0.05) is 36.7 Å². The number of aryl methyl sites for hydroxylation is 1. The van der Waals surface area contributed by atoms with E-state index in [4.69, 9.17) is 0 Å². The number of alkyl halides is 6. The molecule has 1 fully saturated rings. The predicted octanol–water partition coefficient (Wildman–Crippen LogP) is 4.52. The second-order valence-electron chi connectivity index (χ2n) is 10.0. The Morgan fingerprint density at radius 3 is 2.37 bits per heavy atom. The third-order valence-corrected chi connectivity index (χ3v) is 8.50. The van der Waals surface area contributed by atoms with E-state index >= 15 is 0 Å². The van der Waals surface area contributed by atoms with Crippen LogP contribution in [-0.2, 0) is 19.6 Å². The Morgan fingerprint density at radius 1 is 1.12 bits per heavy atom. The molecular formula is C27H26F6N4O5S. The SMILES string of the molecule is CC(=O)N(CC(F)(F)F)c1ccc(/C=C/S(=O)(=O)N2CCC3(CC2)N=C(c2cccc(OC(F)(F)F)c2)NC3=O)c(C)c1. The van der Waals surface area contributed by atoms with Gasteiger partial charge in [-0.2, -0.15) is 17.5 Å². The molecule has 1 N–H and O–H groups in total. The van der Waals surface area contributed by atoms with Crippen molar-refractivity contribution in [2.24, 2.45) is 4.99 Å². The number of nitrogens with zero attached hydrogens (tertiary/aromatic N) is 3. The molecule has 9 nitrogen and oxygen atoms in total. The fraction of sp³-hybridized carbons (Fsp3) is 0.370. The lowest BCUT2D eigenvalue weighted by atomic mass is 9.89. The number of amides is 2. The van der Waals surface area contributed by atoms with Gasteiger partial charge in [-0.3, -0.25) is 14.6 Å². The fourth-order valence-corrected chi connectivity index (χ4v) is 5.95. The van der Waals surface area contributed by atoms with Crippen LogP contribution in [0.3, 0.4) is 0 Å². The van der Waals surface area contributed by atoms with Crippen LogP contribution in [0.15, 0.2) is 52.9 Å². The van der Waals surface area contributed by atoms with E-state index < -0.39 is 52.2 Å². The highest BCUT2D eigenvalue weighted by molar-refractivity contribution is 7.92. The zero-order valence-corrected chi connectivity index (χ0v) is 23.6. The molecular weight excluding hydrogens is 606 g/mol. The molecule has 2 aliphatic heterocycles. The number of sulfonamides is 1. The quantitative estimate of drug-likeness (QED) is 0.452. The predicted molar refractivity (Wildman–Crippen MR) is 145 cm³/mol. The molecule has 0 aromatic heterocycles. The van der Waals surface area contributed by atoms with E-state index in [0.717, 1.165) is 28.8 Å². The van der Waals surface area contributed by atoms with Gasteiger partial charge in [0.1, 0.15) is 23.7 Å². The Hall–Kier alpha value is -3.92. The van der Waals surface area contributed by atoms with Crippen LogP contribution in [0.4, 0.5) is 32.0 Å². The first-order chi connectivity index (χ1) is 19.9. The number of anilines is 1. The second-order valence-corrected chi connectivity index (χ2v) is 11.8. The molecule has 43 heavy (non-hydrogen) atoms. The summed E-state index contributed by atoms with van der Waals surface area (Å²) in [6, 6.07) is 8.99. The van der Waals surface area contributed by atoms with E-state index in [9.17, 15) is 44.3 Å². The number of piperidine rings is 1. The van der Waals surface area contributed by atoms with Crippen molar-refractivity contribution >= 4 is 39.4 Å². The molecule has 16 heteroatoms. The summed E-state index contributed by atoms with van der Waals surface area (Å²) in [6.45, 7) is 0.959. The number of carbonyl (C=O) groups excluding carboxylic acids is 2. The second kappa shape index (κ2) is 11.6. The normalized spacial score (nSPS) is 17.7. The van der Waals surface area contributed by atoms with Crippen LogP contribution in [0.25, 0.3) is 6.08 Å². The molecule has 1 spiro atoms. The van der Waals surface area contributed by atoms with Crippen molar-refractivity contribution in [2.45, 2.75) is 44.8 Å². The van der Waals surface area contributed by atoms with Crippen molar-refractivity contribution in [1.82, 2.24) is 9.62 Å². The van der Waals surface area contributed by atoms with E-state index in [1.54, 1.807) is 6.92 Å². The van der Waals surface area contributed by atoms with Crippen LogP contribution in [0.1, 0.15) is 36.5 Å². The number of nitrogens with one attached hydrogen (secondary N) is 1. The minimum atomic E-state index is -4.90. The summed E-state index contributed by atoms with van der Waals surface area (Å²) in [7, 11) is -3.98. The lowest BCUT2D eigenvalue weighted by Crippen LogP contribution is -2.50. The van der Waals surface area contributed by atoms with Crippen molar-refractivity contribution < 1.29 is 49.1 Å². The summed E-state index contributed by atoms with van der Waals surface area (Å²) in [6.07, 6.45) is -8.19. The number of amidine groups is 1. The molecule has 2 amide bonds. The number of hydrogen-bond donors (Lipinski definition) is 1. The maximum Gasteiger partial charge on any atom is 0.573 e. The zero-order valence-electron chi connectivity index (χ0n) is 22.8. The Balaban J connectivity index is 1.45.